The second kappa shape index (κ2) is 7.48. The van der Waals surface area contributed by atoms with Crippen molar-refractivity contribution in [2.45, 2.75) is 20.1 Å². The highest BCUT2D eigenvalue weighted by Gasteiger charge is 2.05. The van der Waals surface area contributed by atoms with Crippen LogP contribution < -0.4 is 10.1 Å². The molecule has 0 saturated carbocycles. The van der Waals surface area contributed by atoms with Crippen molar-refractivity contribution in [3.05, 3.63) is 57.7 Å². The van der Waals surface area contributed by atoms with E-state index in [2.05, 4.69) is 17.2 Å². The minimum absolute atomic E-state index is 0.389. The third kappa shape index (κ3) is 4.37. The highest BCUT2D eigenvalue weighted by Crippen LogP contribution is 2.23. The van der Waals surface area contributed by atoms with Crippen LogP contribution in [-0.2, 0) is 13.2 Å². The van der Waals surface area contributed by atoms with E-state index in [1.165, 1.54) is 0 Å². The molecule has 20 heavy (non-hydrogen) atoms. The Hall–Kier alpha value is -1.29. The SMILES string of the molecule is CCNCc1cnc(OCc2cccc(Cl)c2)c(Cl)c1. The Kier molecular flexibility index (Phi) is 5.65. The van der Waals surface area contributed by atoms with Crippen LogP contribution in [0.15, 0.2) is 36.5 Å². The van der Waals surface area contributed by atoms with Gasteiger partial charge >= 0.3 is 0 Å². The Morgan fingerprint density at radius 3 is 2.75 bits per heavy atom. The molecule has 0 aliphatic heterocycles. The first-order valence-corrected chi connectivity index (χ1v) is 7.17. The summed E-state index contributed by atoms with van der Waals surface area (Å²) in [5.74, 6) is 0.437. The fraction of sp³-hybridized carbons (Fsp3) is 0.267. The van der Waals surface area contributed by atoms with Crippen molar-refractivity contribution in [2.75, 3.05) is 6.54 Å². The van der Waals surface area contributed by atoms with E-state index >= 15 is 0 Å². The molecular formula is C15H16Cl2N2O. The van der Waals surface area contributed by atoms with Gasteiger partial charge in [-0.05, 0) is 35.9 Å². The molecule has 0 radical (unpaired) electrons. The molecule has 0 fully saturated rings. The van der Waals surface area contributed by atoms with Crippen molar-refractivity contribution < 1.29 is 4.74 Å². The zero-order chi connectivity index (χ0) is 14.4. The molecule has 0 saturated heterocycles. The predicted molar refractivity (Wildman–Crippen MR) is 82.4 cm³/mol. The van der Waals surface area contributed by atoms with Crippen LogP contribution in [0.1, 0.15) is 18.1 Å². The van der Waals surface area contributed by atoms with E-state index in [9.17, 15) is 0 Å². The topological polar surface area (TPSA) is 34.2 Å². The summed E-state index contributed by atoms with van der Waals surface area (Å²) < 4.78 is 5.62. The second-order valence-corrected chi connectivity index (χ2v) is 5.17. The molecule has 0 aliphatic carbocycles. The van der Waals surface area contributed by atoms with Crippen LogP contribution in [0.2, 0.25) is 10.0 Å². The van der Waals surface area contributed by atoms with Gasteiger partial charge in [-0.15, -0.1) is 0 Å². The summed E-state index contributed by atoms with van der Waals surface area (Å²) >= 11 is 12.1. The van der Waals surface area contributed by atoms with E-state index < -0.39 is 0 Å². The maximum absolute atomic E-state index is 6.16. The molecule has 1 aromatic carbocycles. The summed E-state index contributed by atoms with van der Waals surface area (Å²) in [5.41, 5.74) is 2.01. The number of rotatable bonds is 6. The van der Waals surface area contributed by atoms with Gasteiger partial charge in [0, 0.05) is 17.8 Å². The van der Waals surface area contributed by atoms with E-state index in [0.29, 0.717) is 22.5 Å². The standard InChI is InChI=1S/C15H16Cl2N2O/c1-2-18-8-12-7-14(17)15(19-9-12)20-10-11-4-3-5-13(16)6-11/h3-7,9,18H,2,8,10H2,1H3. The number of pyridine rings is 1. The van der Waals surface area contributed by atoms with Crippen LogP contribution in [0.3, 0.4) is 0 Å². The van der Waals surface area contributed by atoms with Gasteiger partial charge in [-0.25, -0.2) is 4.98 Å². The van der Waals surface area contributed by atoms with Crippen LogP contribution in [0, 0.1) is 0 Å². The van der Waals surface area contributed by atoms with Gasteiger partial charge in [0.15, 0.2) is 0 Å². The van der Waals surface area contributed by atoms with E-state index in [0.717, 1.165) is 24.2 Å². The summed E-state index contributed by atoms with van der Waals surface area (Å²) in [6, 6.07) is 9.38. The number of nitrogens with zero attached hydrogens (tertiary/aromatic N) is 1. The average molecular weight is 311 g/mol. The van der Waals surface area contributed by atoms with Gasteiger partial charge in [0.1, 0.15) is 11.6 Å². The molecule has 5 heteroatoms. The highest BCUT2D eigenvalue weighted by molar-refractivity contribution is 6.31. The van der Waals surface area contributed by atoms with Gasteiger partial charge < -0.3 is 10.1 Å². The lowest BCUT2D eigenvalue weighted by atomic mass is 10.2. The van der Waals surface area contributed by atoms with Crippen LogP contribution in [0.25, 0.3) is 0 Å². The monoisotopic (exact) mass is 310 g/mol. The third-order valence-electron chi connectivity index (χ3n) is 2.71. The summed E-state index contributed by atoms with van der Waals surface area (Å²) in [6.45, 7) is 4.10. The molecular weight excluding hydrogens is 295 g/mol. The van der Waals surface area contributed by atoms with Crippen molar-refractivity contribution in [2.24, 2.45) is 0 Å². The van der Waals surface area contributed by atoms with Crippen molar-refractivity contribution >= 4 is 23.2 Å². The lowest BCUT2D eigenvalue weighted by Crippen LogP contribution is -2.12. The predicted octanol–water partition coefficient (Wildman–Crippen LogP) is 4.08. The Morgan fingerprint density at radius 1 is 1.20 bits per heavy atom. The van der Waals surface area contributed by atoms with Gasteiger partial charge in [-0.3, -0.25) is 0 Å². The Bertz CT molecular complexity index is 576. The molecule has 0 bridgehead atoms. The van der Waals surface area contributed by atoms with Gasteiger partial charge in [0.2, 0.25) is 5.88 Å². The first-order chi connectivity index (χ1) is 9.69. The molecule has 3 nitrogen and oxygen atoms in total. The molecule has 1 heterocycles. The zero-order valence-corrected chi connectivity index (χ0v) is 12.7. The first kappa shape index (κ1) is 15.1. The molecule has 1 aromatic heterocycles. The molecule has 0 spiro atoms. The molecule has 0 atom stereocenters. The molecule has 106 valence electrons. The van der Waals surface area contributed by atoms with Crippen molar-refractivity contribution in [1.82, 2.24) is 10.3 Å². The first-order valence-electron chi connectivity index (χ1n) is 6.41. The molecule has 1 N–H and O–H groups in total. The minimum atomic E-state index is 0.389. The summed E-state index contributed by atoms with van der Waals surface area (Å²) in [7, 11) is 0. The highest BCUT2D eigenvalue weighted by atomic mass is 35.5. The number of benzene rings is 1. The lowest BCUT2D eigenvalue weighted by Gasteiger charge is -2.09. The third-order valence-corrected chi connectivity index (χ3v) is 3.21. The van der Waals surface area contributed by atoms with Crippen LogP contribution in [-0.4, -0.2) is 11.5 Å². The average Bonchev–Trinajstić information content (AvgIpc) is 2.44. The Balaban J connectivity index is 1.99. The number of aromatic nitrogens is 1. The van der Waals surface area contributed by atoms with Crippen LogP contribution in [0.4, 0.5) is 0 Å². The van der Waals surface area contributed by atoms with E-state index in [4.69, 9.17) is 27.9 Å². The lowest BCUT2D eigenvalue weighted by molar-refractivity contribution is 0.294. The summed E-state index contributed by atoms with van der Waals surface area (Å²) in [4.78, 5) is 4.24. The van der Waals surface area contributed by atoms with E-state index in [-0.39, 0.29) is 0 Å². The fourth-order valence-corrected chi connectivity index (χ4v) is 2.17. The largest absolute Gasteiger partial charge is 0.472 e. The van der Waals surface area contributed by atoms with Gasteiger partial charge in [0.25, 0.3) is 0 Å². The Morgan fingerprint density at radius 2 is 2.05 bits per heavy atom. The van der Waals surface area contributed by atoms with Crippen molar-refractivity contribution in [1.29, 1.82) is 0 Å². The number of ether oxygens (including phenoxy) is 1. The minimum Gasteiger partial charge on any atom is -0.472 e. The maximum Gasteiger partial charge on any atom is 0.232 e. The summed E-state index contributed by atoms with van der Waals surface area (Å²) in [5, 5.41) is 4.42. The maximum atomic E-state index is 6.16. The number of halogens is 2. The van der Waals surface area contributed by atoms with Gasteiger partial charge in [-0.1, -0.05) is 42.3 Å². The van der Waals surface area contributed by atoms with Gasteiger partial charge in [0.05, 0.1) is 0 Å². The molecule has 0 unspecified atom stereocenters. The number of hydrogen-bond acceptors (Lipinski definition) is 3. The van der Waals surface area contributed by atoms with Crippen molar-refractivity contribution in [3.8, 4) is 5.88 Å². The zero-order valence-electron chi connectivity index (χ0n) is 11.2. The normalized spacial score (nSPS) is 10.6. The fourth-order valence-electron chi connectivity index (χ4n) is 1.72. The number of nitrogens with one attached hydrogen (secondary N) is 1. The molecule has 0 amide bonds. The molecule has 2 aromatic rings. The Labute approximate surface area is 128 Å². The van der Waals surface area contributed by atoms with Crippen molar-refractivity contribution in [3.63, 3.8) is 0 Å². The molecule has 0 aliphatic rings. The van der Waals surface area contributed by atoms with E-state index in [1.54, 1.807) is 6.20 Å². The number of hydrogen-bond donors (Lipinski definition) is 1. The molecule has 2 rings (SSSR count). The van der Waals surface area contributed by atoms with Gasteiger partial charge in [-0.2, -0.15) is 0 Å². The summed E-state index contributed by atoms with van der Waals surface area (Å²) in [6.07, 6.45) is 1.77. The van der Waals surface area contributed by atoms with Crippen LogP contribution in [0.5, 0.6) is 5.88 Å². The van der Waals surface area contributed by atoms with Crippen LogP contribution >= 0.6 is 23.2 Å². The smallest absolute Gasteiger partial charge is 0.232 e. The second-order valence-electron chi connectivity index (χ2n) is 4.33. The quantitative estimate of drug-likeness (QED) is 0.873. The van der Waals surface area contributed by atoms with E-state index in [1.807, 2.05) is 30.3 Å².